The summed E-state index contributed by atoms with van der Waals surface area (Å²) in [5, 5.41) is 3.37. The lowest BCUT2D eigenvalue weighted by Crippen LogP contribution is -2.39. The Hall–Kier alpha value is -2.81. The molecule has 9 heteroatoms. The van der Waals surface area contributed by atoms with E-state index in [4.69, 9.17) is 14.2 Å². The highest BCUT2D eigenvalue weighted by Gasteiger charge is 2.28. The van der Waals surface area contributed by atoms with Crippen molar-refractivity contribution < 1.29 is 23.8 Å². The number of nitrogens with zero attached hydrogens (tertiary/aromatic N) is 2. The molecule has 0 saturated carbocycles. The second kappa shape index (κ2) is 8.14. The summed E-state index contributed by atoms with van der Waals surface area (Å²) < 4.78 is 16.7. The fraction of sp³-hybridized carbons (Fsp3) is 0.476. The van der Waals surface area contributed by atoms with Gasteiger partial charge in [0.2, 0.25) is 0 Å². The van der Waals surface area contributed by atoms with Gasteiger partial charge >= 0.3 is 6.09 Å². The van der Waals surface area contributed by atoms with Gasteiger partial charge in [-0.05, 0) is 39.0 Å². The second-order valence-corrected chi connectivity index (χ2v) is 9.29. The minimum Gasteiger partial charge on any atom is -0.490 e. The van der Waals surface area contributed by atoms with Crippen molar-refractivity contribution in [2.24, 2.45) is 0 Å². The minimum absolute atomic E-state index is 0.263. The summed E-state index contributed by atoms with van der Waals surface area (Å²) in [6.45, 7) is 7.68. The van der Waals surface area contributed by atoms with Crippen molar-refractivity contribution in [3.8, 4) is 11.5 Å². The van der Waals surface area contributed by atoms with Crippen molar-refractivity contribution in [2.45, 2.75) is 45.8 Å². The molecule has 8 nitrogen and oxygen atoms in total. The van der Waals surface area contributed by atoms with Gasteiger partial charge in [-0.15, -0.1) is 0 Å². The number of benzene rings is 1. The van der Waals surface area contributed by atoms with Crippen LogP contribution in [0.25, 0.3) is 0 Å². The van der Waals surface area contributed by atoms with Gasteiger partial charge < -0.3 is 19.1 Å². The van der Waals surface area contributed by atoms with Crippen molar-refractivity contribution in [1.82, 2.24) is 9.88 Å². The average Bonchev–Trinajstić information content (AvgIpc) is 2.92. The van der Waals surface area contributed by atoms with Crippen LogP contribution in [0.1, 0.15) is 48.1 Å². The summed E-state index contributed by atoms with van der Waals surface area (Å²) in [6.07, 6.45) is 1.10. The number of hydrogen-bond acceptors (Lipinski definition) is 7. The Morgan fingerprint density at radius 2 is 1.97 bits per heavy atom. The lowest BCUT2D eigenvalue weighted by molar-refractivity contribution is 0.0225. The zero-order valence-corrected chi connectivity index (χ0v) is 18.1. The summed E-state index contributed by atoms with van der Waals surface area (Å²) in [5.41, 5.74) is 0.851. The first-order valence-electron chi connectivity index (χ1n) is 9.96. The Labute approximate surface area is 179 Å². The molecule has 4 rings (SSSR count). The van der Waals surface area contributed by atoms with E-state index in [9.17, 15) is 9.59 Å². The predicted molar refractivity (Wildman–Crippen MR) is 112 cm³/mol. The highest BCUT2D eigenvalue weighted by Crippen LogP contribution is 2.32. The molecule has 2 amide bonds. The van der Waals surface area contributed by atoms with Crippen LogP contribution in [0.5, 0.6) is 11.5 Å². The molecule has 0 aliphatic carbocycles. The van der Waals surface area contributed by atoms with Crippen molar-refractivity contribution >= 4 is 28.5 Å². The maximum Gasteiger partial charge on any atom is 0.410 e. The third-order valence-electron chi connectivity index (χ3n) is 4.61. The molecule has 0 spiro atoms. The quantitative estimate of drug-likeness (QED) is 0.777. The summed E-state index contributed by atoms with van der Waals surface area (Å²) in [6, 6.07) is 5.15. The molecular formula is C21H25N3O5S. The second-order valence-electron chi connectivity index (χ2n) is 8.21. The molecule has 1 aromatic carbocycles. The molecule has 2 aromatic rings. The van der Waals surface area contributed by atoms with Crippen molar-refractivity contribution in [2.75, 3.05) is 25.1 Å². The van der Waals surface area contributed by atoms with E-state index in [0.717, 1.165) is 17.0 Å². The van der Waals surface area contributed by atoms with Crippen LogP contribution in [0.4, 0.5) is 9.93 Å². The first-order chi connectivity index (χ1) is 14.3. The zero-order chi connectivity index (χ0) is 21.3. The monoisotopic (exact) mass is 431 g/mol. The number of carbonyl (C=O) groups is 2. The van der Waals surface area contributed by atoms with Crippen LogP contribution in [0.15, 0.2) is 18.2 Å². The van der Waals surface area contributed by atoms with Gasteiger partial charge in [-0.3, -0.25) is 10.1 Å². The number of aromatic nitrogens is 1. The number of nitrogens with one attached hydrogen (secondary N) is 1. The highest BCUT2D eigenvalue weighted by atomic mass is 32.1. The predicted octanol–water partition coefficient (Wildman–Crippen LogP) is 3.85. The van der Waals surface area contributed by atoms with Gasteiger partial charge in [0.25, 0.3) is 5.91 Å². The molecule has 0 fully saturated rings. The largest absolute Gasteiger partial charge is 0.490 e. The number of hydrogen-bond donors (Lipinski definition) is 1. The average molecular weight is 432 g/mol. The van der Waals surface area contributed by atoms with Crippen LogP contribution in [0, 0.1) is 0 Å². The molecule has 2 aliphatic heterocycles. The van der Waals surface area contributed by atoms with Gasteiger partial charge in [0.15, 0.2) is 16.6 Å². The molecule has 0 unspecified atom stereocenters. The van der Waals surface area contributed by atoms with E-state index in [1.54, 1.807) is 23.1 Å². The van der Waals surface area contributed by atoms with Crippen LogP contribution in [-0.2, 0) is 17.7 Å². The molecular weight excluding hydrogens is 406 g/mol. The van der Waals surface area contributed by atoms with E-state index in [-0.39, 0.29) is 12.0 Å². The van der Waals surface area contributed by atoms with E-state index >= 15 is 0 Å². The fourth-order valence-electron chi connectivity index (χ4n) is 3.21. The third-order valence-corrected chi connectivity index (χ3v) is 5.61. The molecule has 1 N–H and O–H groups in total. The summed E-state index contributed by atoms with van der Waals surface area (Å²) in [4.78, 5) is 32.2. The van der Waals surface area contributed by atoms with Gasteiger partial charge in [0, 0.05) is 29.8 Å². The third kappa shape index (κ3) is 4.67. The number of rotatable bonds is 2. The lowest BCUT2D eigenvalue weighted by atomic mass is 10.2. The van der Waals surface area contributed by atoms with E-state index < -0.39 is 5.60 Å². The fourth-order valence-corrected chi connectivity index (χ4v) is 4.22. The Kier molecular flexibility index (Phi) is 5.55. The molecule has 160 valence electrons. The highest BCUT2D eigenvalue weighted by molar-refractivity contribution is 7.15. The van der Waals surface area contributed by atoms with E-state index in [2.05, 4.69) is 10.3 Å². The van der Waals surface area contributed by atoms with Crippen molar-refractivity contribution in [3.05, 3.63) is 34.3 Å². The lowest BCUT2D eigenvalue weighted by Gasteiger charge is -2.29. The van der Waals surface area contributed by atoms with Gasteiger partial charge in [-0.2, -0.15) is 0 Å². The number of fused-ring (bicyclic) bond motifs is 2. The Bertz CT molecular complexity index is 966. The van der Waals surface area contributed by atoms with Gasteiger partial charge in [-0.25, -0.2) is 9.78 Å². The van der Waals surface area contributed by atoms with E-state index in [0.29, 0.717) is 54.9 Å². The van der Waals surface area contributed by atoms with Crippen LogP contribution in [0.3, 0.4) is 0 Å². The number of carbonyl (C=O) groups excluding carboxylic acids is 2. The Morgan fingerprint density at radius 3 is 2.73 bits per heavy atom. The molecule has 0 saturated heterocycles. The minimum atomic E-state index is -0.535. The van der Waals surface area contributed by atoms with Crippen LogP contribution >= 0.6 is 11.3 Å². The zero-order valence-electron chi connectivity index (χ0n) is 17.3. The SMILES string of the molecule is CC(C)(C)OC(=O)N1CCc2nc(NC(=O)c3ccc4c(c3)OCCCO4)sc2C1. The molecule has 0 bridgehead atoms. The maximum absolute atomic E-state index is 12.7. The van der Waals surface area contributed by atoms with Gasteiger partial charge in [0.1, 0.15) is 5.60 Å². The summed E-state index contributed by atoms with van der Waals surface area (Å²) in [5.74, 6) is 0.961. The first kappa shape index (κ1) is 20.5. The first-order valence-corrected chi connectivity index (χ1v) is 10.8. The molecule has 0 atom stereocenters. The normalized spacial score (nSPS) is 15.8. The molecule has 2 aliphatic rings. The molecule has 1 aromatic heterocycles. The summed E-state index contributed by atoms with van der Waals surface area (Å²) >= 11 is 1.38. The topological polar surface area (TPSA) is 90.0 Å². The van der Waals surface area contributed by atoms with E-state index in [1.807, 2.05) is 20.8 Å². The number of anilines is 1. The molecule has 0 radical (unpaired) electrons. The molecule has 30 heavy (non-hydrogen) atoms. The number of ether oxygens (including phenoxy) is 3. The number of thiazole rings is 1. The van der Waals surface area contributed by atoms with Crippen LogP contribution < -0.4 is 14.8 Å². The van der Waals surface area contributed by atoms with Crippen LogP contribution in [-0.4, -0.2) is 47.2 Å². The summed E-state index contributed by atoms with van der Waals surface area (Å²) in [7, 11) is 0. The van der Waals surface area contributed by atoms with E-state index in [1.165, 1.54) is 11.3 Å². The smallest absolute Gasteiger partial charge is 0.410 e. The van der Waals surface area contributed by atoms with Gasteiger partial charge in [0.05, 0.1) is 25.5 Å². The number of amides is 2. The van der Waals surface area contributed by atoms with Crippen LogP contribution in [0.2, 0.25) is 0 Å². The molecule has 3 heterocycles. The van der Waals surface area contributed by atoms with Crippen molar-refractivity contribution in [1.29, 1.82) is 0 Å². The Morgan fingerprint density at radius 1 is 1.20 bits per heavy atom. The van der Waals surface area contributed by atoms with Gasteiger partial charge in [-0.1, -0.05) is 11.3 Å². The standard InChI is InChI=1S/C21H25N3O5S/c1-21(2,3)29-20(26)24-8-7-14-17(12-24)30-19(22-14)23-18(25)13-5-6-15-16(11-13)28-10-4-9-27-15/h5-6,11H,4,7-10,12H2,1-3H3,(H,22,23,25). The van der Waals surface area contributed by atoms with Crippen molar-refractivity contribution in [3.63, 3.8) is 0 Å². The Balaban J connectivity index is 1.43. The maximum atomic E-state index is 12.7.